The lowest BCUT2D eigenvalue weighted by atomic mass is 10.2. The molecule has 0 fully saturated rings. The van der Waals surface area contributed by atoms with Gasteiger partial charge < -0.3 is 20.5 Å². The fraction of sp³-hybridized carbons (Fsp3) is 0.296. The van der Waals surface area contributed by atoms with Crippen molar-refractivity contribution in [2.24, 2.45) is 15.7 Å². The van der Waals surface area contributed by atoms with Gasteiger partial charge in [0.05, 0.1) is 22.4 Å². The number of nitrogens with zero attached hydrogens (tertiary/aromatic N) is 6. The number of hydrogen-bond donors (Lipinski definition) is 3. The van der Waals surface area contributed by atoms with Crippen molar-refractivity contribution in [2.45, 2.75) is 52.7 Å². The Balaban J connectivity index is 1.61. The van der Waals surface area contributed by atoms with Gasteiger partial charge in [-0.05, 0) is 71.9 Å². The van der Waals surface area contributed by atoms with Crippen LogP contribution < -0.4 is 20.5 Å². The van der Waals surface area contributed by atoms with Gasteiger partial charge in [0, 0.05) is 12.4 Å². The van der Waals surface area contributed by atoms with Crippen LogP contribution >= 0.6 is 0 Å². The summed E-state index contributed by atoms with van der Waals surface area (Å²) in [6.45, 7) is 11.7. The summed E-state index contributed by atoms with van der Waals surface area (Å²) in [6.07, 6.45) is 5.16. The highest BCUT2D eigenvalue weighted by Gasteiger charge is 2.25. The van der Waals surface area contributed by atoms with E-state index in [0.717, 1.165) is 11.0 Å². The van der Waals surface area contributed by atoms with Crippen LogP contribution in [0.2, 0.25) is 0 Å². The molecule has 5 heterocycles. The van der Waals surface area contributed by atoms with Crippen molar-refractivity contribution in [1.29, 1.82) is 5.41 Å². The molecule has 4 aromatic rings. The lowest BCUT2D eigenvalue weighted by Crippen LogP contribution is -2.42. The number of ether oxygens (including phenoxy) is 2. The molecule has 4 N–H and O–H groups in total. The van der Waals surface area contributed by atoms with Gasteiger partial charge in [-0.2, -0.15) is 0 Å². The van der Waals surface area contributed by atoms with Gasteiger partial charge in [0.25, 0.3) is 11.8 Å². The van der Waals surface area contributed by atoms with Crippen LogP contribution in [0.3, 0.4) is 0 Å². The molecule has 0 spiro atoms. The van der Waals surface area contributed by atoms with Gasteiger partial charge in [0.1, 0.15) is 11.2 Å². The number of amidine groups is 2. The van der Waals surface area contributed by atoms with Crippen molar-refractivity contribution in [2.75, 3.05) is 0 Å². The van der Waals surface area contributed by atoms with Crippen molar-refractivity contribution in [3.05, 3.63) is 60.6 Å². The molecule has 5 rings (SSSR count). The molecule has 0 aromatic carbocycles. The van der Waals surface area contributed by atoms with Crippen LogP contribution in [0.25, 0.3) is 11.0 Å². The molecule has 196 valence electrons. The third-order valence-electron chi connectivity index (χ3n) is 5.28. The quantitative estimate of drug-likeness (QED) is 0.365. The molecule has 0 radical (unpaired) electrons. The second kappa shape index (κ2) is 9.02. The highest BCUT2D eigenvalue weighted by molar-refractivity contribution is 6.50. The summed E-state index contributed by atoms with van der Waals surface area (Å²) in [6, 6.07) is 11.3. The standard InChI is InChI=1S/C27H31N9O2/c1-26(2,3)37-24-20(18-11-7-9-13-35(18)33-24)30-22-16(28)15-17(29)23(32-22)31-21-19-12-8-10-14-36(19)34-25(21)38-27(4,5)6/h7-15,28H,29H2,1-6H3,(H,30,31,32). The SMILES string of the molecule is CC(C)(C)Oc1nn2ccccc2c1N=C1NC(=Nc2c(OC(C)(C)C)nn3ccccc23)C(N)=CC1=N. The lowest BCUT2D eigenvalue weighted by Gasteiger charge is -2.21. The van der Waals surface area contributed by atoms with E-state index in [1.165, 1.54) is 6.08 Å². The van der Waals surface area contributed by atoms with Gasteiger partial charge in [0.15, 0.2) is 23.0 Å². The highest BCUT2D eigenvalue weighted by Crippen LogP contribution is 2.36. The van der Waals surface area contributed by atoms with E-state index in [4.69, 9.17) is 30.6 Å². The first-order chi connectivity index (χ1) is 17.9. The Hall–Kier alpha value is -4.67. The molecule has 0 atom stereocenters. The summed E-state index contributed by atoms with van der Waals surface area (Å²) in [7, 11) is 0. The molecule has 0 unspecified atom stereocenters. The first kappa shape index (κ1) is 25.0. The van der Waals surface area contributed by atoms with Crippen LogP contribution in [0.5, 0.6) is 11.8 Å². The summed E-state index contributed by atoms with van der Waals surface area (Å²) in [5.74, 6) is 1.31. The monoisotopic (exact) mass is 513 g/mol. The first-order valence-electron chi connectivity index (χ1n) is 12.2. The maximum atomic E-state index is 8.55. The number of aromatic nitrogens is 4. The minimum absolute atomic E-state index is 0.101. The first-order valence-corrected chi connectivity index (χ1v) is 12.2. The molecule has 0 saturated carbocycles. The molecular weight excluding hydrogens is 482 g/mol. The van der Waals surface area contributed by atoms with Gasteiger partial charge in [-0.25, -0.2) is 19.0 Å². The Kier molecular flexibility index (Phi) is 5.93. The zero-order chi connectivity index (χ0) is 27.2. The van der Waals surface area contributed by atoms with Crippen LogP contribution in [0.4, 0.5) is 11.4 Å². The van der Waals surface area contributed by atoms with Crippen molar-refractivity contribution in [3.8, 4) is 11.8 Å². The molecule has 0 saturated heterocycles. The fourth-order valence-corrected chi connectivity index (χ4v) is 3.80. The summed E-state index contributed by atoms with van der Waals surface area (Å²) < 4.78 is 15.6. The van der Waals surface area contributed by atoms with E-state index in [2.05, 4.69) is 15.5 Å². The maximum Gasteiger partial charge on any atom is 0.260 e. The van der Waals surface area contributed by atoms with Gasteiger partial charge >= 0.3 is 0 Å². The number of pyridine rings is 2. The molecule has 38 heavy (non-hydrogen) atoms. The largest absolute Gasteiger partial charge is 0.469 e. The van der Waals surface area contributed by atoms with E-state index in [1.807, 2.05) is 90.3 Å². The minimum atomic E-state index is -0.496. The van der Waals surface area contributed by atoms with Crippen LogP contribution in [0.1, 0.15) is 41.5 Å². The summed E-state index contributed by atoms with van der Waals surface area (Å²) in [5.41, 5.74) is 8.20. The van der Waals surface area contributed by atoms with Gasteiger partial charge in [-0.1, -0.05) is 12.1 Å². The van der Waals surface area contributed by atoms with Crippen LogP contribution in [0, 0.1) is 5.41 Å². The lowest BCUT2D eigenvalue weighted by molar-refractivity contribution is 0.124. The Morgan fingerprint density at radius 2 is 1.26 bits per heavy atom. The van der Waals surface area contributed by atoms with Gasteiger partial charge in [-0.3, -0.25) is 5.41 Å². The topological polar surface area (TPSA) is 140 Å². The number of rotatable bonds is 4. The predicted octanol–water partition coefficient (Wildman–Crippen LogP) is 4.56. The zero-order valence-electron chi connectivity index (χ0n) is 22.3. The van der Waals surface area contributed by atoms with E-state index in [0.29, 0.717) is 29.0 Å². The normalized spacial score (nSPS) is 16.8. The molecular formula is C27H31N9O2. The Morgan fingerprint density at radius 3 is 1.74 bits per heavy atom. The highest BCUT2D eigenvalue weighted by atomic mass is 16.5. The molecule has 0 aliphatic carbocycles. The van der Waals surface area contributed by atoms with Gasteiger partial charge in [0.2, 0.25) is 0 Å². The molecule has 11 nitrogen and oxygen atoms in total. The average Bonchev–Trinajstić information content (AvgIpc) is 3.32. The Bertz CT molecular complexity index is 1640. The molecule has 4 aromatic heterocycles. The van der Waals surface area contributed by atoms with Crippen LogP contribution in [-0.4, -0.2) is 47.8 Å². The second-order valence-electron chi connectivity index (χ2n) is 10.9. The van der Waals surface area contributed by atoms with E-state index < -0.39 is 11.2 Å². The summed E-state index contributed by atoms with van der Waals surface area (Å²) >= 11 is 0. The number of hydrogen-bond acceptors (Lipinski definition) is 8. The van der Waals surface area contributed by atoms with E-state index >= 15 is 0 Å². The van der Waals surface area contributed by atoms with Crippen molar-refractivity contribution in [1.82, 2.24) is 24.5 Å². The molecule has 1 aliphatic rings. The molecule has 1 aliphatic heterocycles. The average molecular weight is 514 g/mol. The Morgan fingerprint density at radius 1 is 0.789 bits per heavy atom. The van der Waals surface area contributed by atoms with Gasteiger partial charge in [-0.15, -0.1) is 10.2 Å². The number of aliphatic imine (C=N–C) groups is 2. The van der Waals surface area contributed by atoms with Crippen molar-refractivity contribution < 1.29 is 9.47 Å². The number of nitrogens with one attached hydrogen (secondary N) is 2. The fourth-order valence-electron chi connectivity index (χ4n) is 3.80. The Labute approximate surface area is 220 Å². The predicted molar refractivity (Wildman–Crippen MR) is 148 cm³/mol. The van der Waals surface area contributed by atoms with Crippen molar-refractivity contribution in [3.63, 3.8) is 0 Å². The minimum Gasteiger partial charge on any atom is -0.469 e. The second-order valence-corrected chi connectivity index (χ2v) is 10.9. The summed E-state index contributed by atoms with van der Waals surface area (Å²) in [5, 5.41) is 20.8. The smallest absolute Gasteiger partial charge is 0.260 e. The third kappa shape index (κ3) is 5.08. The molecule has 0 amide bonds. The van der Waals surface area contributed by atoms with Crippen LogP contribution in [-0.2, 0) is 0 Å². The van der Waals surface area contributed by atoms with Crippen LogP contribution in [0.15, 0.2) is 70.5 Å². The third-order valence-corrected chi connectivity index (χ3v) is 5.28. The zero-order valence-corrected chi connectivity index (χ0v) is 22.3. The molecule has 0 bridgehead atoms. The van der Waals surface area contributed by atoms with E-state index in [-0.39, 0.29) is 17.2 Å². The molecule has 11 heteroatoms. The summed E-state index contributed by atoms with van der Waals surface area (Å²) in [4.78, 5) is 9.57. The number of fused-ring (bicyclic) bond motifs is 2. The maximum absolute atomic E-state index is 8.55. The van der Waals surface area contributed by atoms with E-state index in [9.17, 15) is 0 Å². The van der Waals surface area contributed by atoms with Crippen molar-refractivity contribution >= 4 is 39.8 Å². The number of nitrogens with two attached hydrogens (primary N) is 1. The van der Waals surface area contributed by atoms with E-state index in [1.54, 1.807) is 9.03 Å².